The van der Waals surface area contributed by atoms with Crippen LogP contribution in [0.1, 0.15) is 84.7 Å². The predicted molar refractivity (Wildman–Crippen MR) is 132 cm³/mol. The number of hydrogen-bond acceptors (Lipinski definition) is 8. The maximum Gasteiger partial charge on any atom is 0.338 e. The summed E-state index contributed by atoms with van der Waals surface area (Å²) in [5.41, 5.74) is -0.932. The minimum Gasteiger partial charge on any atom is -0.460 e. The third kappa shape index (κ3) is 13.5. The first-order valence-corrected chi connectivity index (χ1v) is 11.6. The molecule has 1 rings (SSSR count). The van der Waals surface area contributed by atoms with Gasteiger partial charge < -0.3 is 24.8 Å². The number of esters is 3. The van der Waals surface area contributed by atoms with E-state index >= 15 is 0 Å². The lowest BCUT2D eigenvalue weighted by atomic mass is 10.1. The highest BCUT2D eigenvalue weighted by Crippen LogP contribution is 2.14. The highest BCUT2D eigenvalue weighted by Gasteiger charge is 2.30. The van der Waals surface area contributed by atoms with Gasteiger partial charge in [-0.3, -0.25) is 9.59 Å². The van der Waals surface area contributed by atoms with Crippen LogP contribution in [-0.2, 0) is 35.1 Å². The van der Waals surface area contributed by atoms with Crippen LogP contribution in [0.15, 0.2) is 24.3 Å². The van der Waals surface area contributed by atoms with Crippen LogP contribution in [0.5, 0.6) is 0 Å². The smallest absolute Gasteiger partial charge is 0.338 e. The fraction of sp³-hybridized carbons (Fsp3) is 0.615. The first-order valence-electron chi connectivity index (χ1n) is 11.6. The Labute approximate surface area is 208 Å². The molecule has 9 nitrogen and oxygen atoms in total. The molecule has 0 fully saturated rings. The number of hydrogen-bond donors (Lipinski definition) is 2. The highest BCUT2D eigenvalue weighted by molar-refractivity contribution is 5.90. The Morgan fingerprint density at radius 2 is 1.40 bits per heavy atom. The number of carbonyl (C=O) groups excluding carboxylic acids is 4. The minimum atomic E-state index is -1.19. The summed E-state index contributed by atoms with van der Waals surface area (Å²) in [5, 5.41) is 5.51. The van der Waals surface area contributed by atoms with Crippen molar-refractivity contribution < 1.29 is 33.4 Å². The van der Waals surface area contributed by atoms with E-state index in [1.54, 1.807) is 80.5 Å². The predicted octanol–water partition coefficient (Wildman–Crippen LogP) is 3.29. The van der Waals surface area contributed by atoms with Crippen LogP contribution in [0.2, 0.25) is 0 Å². The molecule has 0 saturated heterocycles. The van der Waals surface area contributed by atoms with Crippen molar-refractivity contribution in [1.29, 1.82) is 0 Å². The quantitative estimate of drug-likeness (QED) is 0.398. The monoisotopic (exact) mass is 492 g/mol. The zero-order valence-corrected chi connectivity index (χ0v) is 22.4. The van der Waals surface area contributed by atoms with Gasteiger partial charge >= 0.3 is 17.9 Å². The standard InChI is InChI=1S/C26H40N2O7/c1-24(2,3)33-21(30)14-19(23(32)35-26(7,8)9)28-20(29)16-27-15-17-11-10-12-18(13-17)22(31)34-25(4,5)6/h10-13,19,27H,14-16H2,1-9H3,(H,28,29)/t19-/m0/s1. The fourth-order valence-electron chi connectivity index (χ4n) is 2.83. The SMILES string of the molecule is CC(C)(C)OC(=O)C[C@H](NC(=O)CNCc1cccc(C(=O)OC(C)(C)C)c1)C(=O)OC(C)(C)C. The van der Waals surface area contributed by atoms with E-state index in [1.165, 1.54) is 0 Å². The van der Waals surface area contributed by atoms with Gasteiger partial charge in [0, 0.05) is 6.54 Å². The van der Waals surface area contributed by atoms with Crippen LogP contribution in [0, 0.1) is 0 Å². The Hall–Kier alpha value is -2.94. The van der Waals surface area contributed by atoms with E-state index < -0.39 is 46.7 Å². The van der Waals surface area contributed by atoms with Crippen LogP contribution in [0.4, 0.5) is 0 Å². The molecule has 0 unspecified atom stereocenters. The summed E-state index contributed by atoms with van der Waals surface area (Å²) in [7, 11) is 0. The van der Waals surface area contributed by atoms with E-state index in [0.717, 1.165) is 5.56 Å². The van der Waals surface area contributed by atoms with E-state index in [1.807, 2.05) is 6.07 Å². The Kier molecular flexibility index (Phi) is 10.4. The van der Waals surface area contributed by atoms with Crippen LogP contribution >= 0.6 is 0 Å². The third-order valence-electron chi connectivity index (χ3n) is 3.99. The molecule has 0 bridgehead atoms. The van der Waals surface area contributed by atoms with Gasteiger partial charge in [-0.15, -0.1) is 0 Å². The van der Waals surface area contributed by atoms with E-state index in [9.17, 15) is 19.2 Å². The van der Waals surface area contributed by atoms with Crippen LogP contribution in [0.25, 0.3) is 0 Å². The Morgan fingerprint density at radius 1 is 0.829 bits per heavy atom. The summed E-state index contributed by atoms with van der Waals surface area (Å²) in [6.45, 7) is 15.8. The van der Waals surface area contributed by atoms with E-state index in [0.29, 0.717) is 12.1 Å². The van der Waals surface area contributed by atoms with Crippen molar-refractivity contribution in [2.75, 3.05) is 6.54 Å². The van der Waals surface area contributed by atoms with Crippen LogP contribution < -0.4 is 10.6 Å². The number of benzene rings is 1. The summed E-state index contributed by atoms with van der Waals surface area (Å²) >= 11 is 0. The van der Waals surface area contributed by atoms with Gasteiger partial charge in [-0.2, -0.15) is 0 Å². The number of rotatable bonds is 9. The number of ether oxygens (including phenoxy) is 3. The molecule has 9 heteroatoms. The lowest BCUT2D eigenvalue weighted by Crippen LogP contribution is -2.48. The first-order chi connectivity index (χ1) is 15.8. The second kappa shape index (κ2) is 12.2. The van der Waals surface area contributed by atoms with Gasteiger partial charge in [0.2, 0.25) is 5.91 Å². The molecule has 0 heterocycles. The summed E-state index contributed by atoms with van der Waals surface area (Å²) < 4.78 is 16.0. The van der Waals surface area contributed by atoms with Gasteiger partial charge in [0.05, 0.1) is 18.5 Å². The molecule has 0 aliphatic rings. The van der Waals surface area contributed by atoms with E-state index in [-0.39, 0.29) is 13.0 Å². The van der Waals surface area contributed by atoms with Gasteiger partial charge in [-0.25, -0.2) is 9.59 Å². The summed E-state index contributed by atoms with van der Waals surface area (Å²) in [5.74, 6) is -2.27. The van der Waals surface area contributed by atoms with Gasteiger partial charge in [-0.05, 0) is 80.0 Å². The lowest BCUT2D eigenvalue weighted by Gasteiger charge is -2.25. The third-order valence-corrected chi connectivity index (χ3v) is 3.99. The minimum absolute atomic E-state index is 0.121. The molecule has 0 aliphatic carbocycles. The summed E-state index contributed by atoms with van der Waals surface area (Å²) in [4.78, 5) is 49.6. The normalized spacial score (nSPS) is 12.9. The average Bonchev–Trinajstić information content (AvgIpc) is 2.63. The lowest BCUT2D eigenvalue weighted by molar-refractivity contribution is -0.165. The van der Waals surface area contributed by atoms with Gasteiger partial charge in [0.15, 0.2) is 0 Å². The molecule has 0 radical (unpaired) electrons. The number of carbonyl (C=O) groups is 4. The zero-order valence-electron chi connectivity index (χ0n) is 22.4. The van der Waals surface area contributed by atoms with Crippen LogP contribution in [-0.4, -0.2) is 53.2 Å². The Balaban J connectivity index is 2.74. The maximum atomic E-state index is 12.6. The van der Waals surface area contributed by atoms with Crippen molar-refractivity contribution in [2.45, 2.75) is 98.1 Å². The van der Waals surface area contributed by atoms with Crippen molar-refractivity contribution in [2.24, 2.45) is 0 Å². The molecule has 196 valence electrons. The Morgan fingerprint density at radius 3 is 1.94 bits per heavy atom. The van der Waals surface area contributed by atoms with E-state index in [2.05, 4.69) is 10.6 Å². The largest absolute Gasteiger partial charge is 0.460 e. The molecule has 0 aliphatic heterocycles. The van der Waals surface area contributed by atoms with Crippen molar-refractivity contribution in [1.82, 2.24) is 10.6 Å². The van der Waals surface area contributed by atoms with Crippen molar-refractivity contribution in [3.63, 3.8) is 0 Å². The molecule has 0 saturated carbocycles. The molecule has 35 heavy (non-hydrogen) atoms. The number of amides is 1. The topological polar surface area (TPSA) is 120 Å². The van der Waals surface area contributed by atoms with Crippen LogP contribution in [0.3, 0.4) is 0 Å². The molecule has 1 amide bonds. The number of nitrogens with one attached hydrogen (secondary N) is 2. The summed E-state index contributed by atoms with van der Waals surface area (Å²) in [6, 6.07) is 5.70. The van der Waals surface area contributed by atoms with Crippen molar-refractivity contribution >= 4 is 23.8 Å². The molecule has 1 atom stereocenters. The Bertz CT molecular complexity index is 906. The first kappa shape index (κ1) is 30.1. The van der Waals surface area contributed by atoms with Gasteiger partial charge in [0.25, 0.3) is 0 Å². The molecular weight excluding hydrogens is 452 g/mol. The zero-order chi connectivity index (χ0) is 27.0. The maximum absolute atomic E-state index is 12.6. The van der Waals surface area contributed by atoms with Crippen molar-refractivity contribution in [3.05, 3.63) is 35.4 Å². The molecule has 1 aromatic carbocycles. The molecule has 0 aromatic heterocycles. The summed E-state index contributed by atoms with van der Waals surface area (Å²) in [6.07, 6.45) is -0.351. The molecule has 1 aromatic rings. The fourth-order valence-corrected chi connectivity index (χ4v) is 2.83. The van der Waals surface area contributed by atoms with Gasteiger partial charge in [-0.1, -0.05) is 12.1 Å². The average molecular weight is 493 g/mol. The second-order valence-corrected chi connectivity index (χ2v) is 11.2. The van der Waals surface area contributed by atoms with Crippen molar-refractivity contribution in [3.8, 4) is 0 Å². The molecule has 0 spiro atoms. The highest BCUT2D eigenvalue weighted by atomic mass is 16.6. The molecular formula is C26H40N2O7. The second-order valence-electron chi connectivity index (χ2n) is 11.2. The van der Waals surface area contributed by atoms with Gasteiger partial charge in [0.1, 0.15) is 22.8 Å². The molecule has 2 N–H and O–H groups in total. The van der Waals surface area contributed by atoms with E-state index in [4.69, 9.17) is 14.2 Å².